The van der Waals surface area contributed by atoms with Crippen molar-refractivity contribution < 1.29 is 8.78 Å². The zero-order chi connectivity index (χ0) is 10.3. The molecular formula is C10H12F2N2. The third-order valence-corrected chi connectivity index (χ3v) is 2.51. The van der Waals surface area contributed by atoms with Crippen LogP contribution in [0.1, 0.15) is 11.1 Å². The highest BCUT2D eigenvalue weighted by molar-refractivity contribution is 5.57. The summed E-state index contributed by atoms with van der Waals surface area (Å²) in [7, 11) is 0. The zero-order valence-electron chi connectivity index (χ0n) is 7.85. The standard InChI is InChI=1S/C10H12F2N2/c1-6-2-3-8-7(4-6)10(11,12)9(13)5-14-8/h2-4,9,14H,5,13H2,1H3. The Hall–Kier alpha value is -1.16. The number of hydrogen-bond donors (Lipinski definition) is 2. The van der Waals surface area contributed by atoms with Crippen LogP contribution in [0, 0.1) is 6.92 Å². The molecule has 0 bridgehead atoms. The minimum atomic E-state index is -2.92. The number of alkyl halides is 2. The van der Waals surface area contributed by atoms with Gasteiger partial charge < -0.3 is 11.1 Å². The molecular weight excluding hydrogens is 186 g/mol. The van der Waals surface area contributed by atoms with Crippen molar-refractivity contribution in [2.45, 2.75) is 18.9 Å². The van der Waals surface area contributed by atoms with Gasteiger partial charge in [0.1, 0.15) is 0 Å². The normalized spacial score (nSPS) is 23.9. The average molecular weight is 198 g/mol. The number of fused-ring (bicyclic) bond motifs is 1. The fourth-order valence-corrected chi connectivity index (χ4v) is 1.64. The Morgan fingerprint density at radius 3 is 2.93 bits per heavy atom. The van der Waals surface area contributed by atoms with Gasteiger partial charge in [-0.15, -0.1) is 0 Å². The SMILES string of the molecule is Cc1ccc2c(c1)C(F)(F)C(N)CN2. The van der Waals surface area contributed by atoms with E-state index in [1.54, 1.807) is 19.1 Å². The van der Waals surface area contributed by atoms with Crippen LogP contribution in [0.25, 0.3) is 0 Å². The monoisotopic (exact) mass is 198 g/mol. The van der Waals surface area contributed by atoms with Crippen LogP contribution < -0.4 is 11.1 Å². The Bertz CT molecular complexity index is 363. The minimum Gasteiger partial charge on any atom is -0.383 e. The molecule has 1 aromatic rings. The fourth-order valence-electron chi connectivity index (χ4n) is 1.64. The van der Waals surface area contributed by atoms with Crippen molar-refractivity contribution in [1.82, 2.24) is 0 Å². The summed E-state index contributed by atoms with van der Waals surface area (Å²) in [5, 5.41) is 2.89. The average Bonchev–Trinajstić information content (AvgIpc) is 2.13. The first-order valence-corrected chi connectivity index (χ1v) is 4.50. The van der Waals surface area contributed by atoms with E-state index in [-0.39, 0.29) is 12.1 Å². The number of benzene rings is 1. The van der Waals surface area contributed by atoms with Gasteiger partial charge in [-0.1, -0.05) is 11.6 Å². The van der Waals surface area contributed by atoms with Gasteiger partial charge in [0.2, 0.25) is 0 Å². The second kappa shape index (κ2) is 2.92. The molecule has 1 aliphatic rings. The number of nitrogens with two attached hydrogens (primary N) is 1. The molecule has 0 aliphatic carbocycles. The molecule has 76 valence electrons. The van der Waals surface area contributed by atoms with E-state index in [0.29, 0.717) is 5.69 Å². The lowest BCUT2D eigenvalue weighted by Crippen LogP contribution is -2.47. The third-order valence-electron chi connectivity index (χ3n) is 2.51. The maximum Gasteiger partial charge on any atom is 0.291 e. The largest absolute Gasteiger partial charge is 0.383 e. The van der Waals surface area contributed by atoms with E-state index in [1.165, 1.54) is 6.07 Å². The molecule has 0 saturated carbocycles. The second-order valence-corrected chi connectivity index (χ2v) is 3.66. The van der Waals surface area contributed by atoms with Gasteiger partial charge in [0.25, 0.3) is 5.92 Å². The van der Waals surface area contributed by atoms with Gasteiger partial charge in [0.15, 0.2) is 0 Å². The Balaban J connectivity index is 2.55. The predicted molar refractivity (Wildman–Crippen MR) is 51.5 cm³/mol. The summed E-state index contributed by atoms with van der Waals surface area (Å²) in [4.78, 5) is 0. The lowest BCUT2D eigenvalue weighted by atomic mass is 9.94. The van der Waals surface area contributed by atoms with E-state index in [0.717, 1.165) is 5.56 Å². The quantitative estimate of drug-likeness (QED) is 0.667. The summed E-state index contributed by atoms with van der Waals surface area (Å²) >= 11 is 0. The molecule has 1 heterocycles. The van der Waals surface area contributed by atoms with E-state index in [2.05, 4.69) is 5.32 Å². The molecule has 14 heavy (non-hydrogen) atoms. The Labute approximate surface area is 81.1 Å². The molecule has 1 aliphatic heterocycles. The molecule has 0 saturated heterocycles. The van der Waals surface area contributed by atoms with Crippen molar-refractivity contribution >= 4 is 5.69 Å². The first-order valence-electron chi connectivity index (χ1n) is 4.50. The van der Waals surface area contributed by atoms with Gasteiger partial charge in [-0.25, -0.2) is 0 Å². The van der Waals surface area contributed by atoms with E-state index in [4.69, 9.17) is 5.73 Å². The van der Waals surface area contributed by atoms with Gasteiger partial charge in [0, 0.05) is 17.8 Å². The smallest absolute Gasteiger partial charge is 0.291 e. The van der Waals surface area contributed by atoms with Gasteiger partial charge >= 0.3 is 0 Å². The van der Waals surface area contributed by atoms with Gasteiger partial charge in [-0.05, 0) is 19.1 Å². The Morgan fingerprint density at radius 2 is 2.21 bits per heavy atom. The van der Waals surface area contributed by atoms with E-state index in [9.17, 15) is 8.78 Å². The molecule has 0 amide bonds. The number of aryl methyl sites for hydroxylation is 1. The summed E-state index contributed by atoms with van der Waals surface area (Å²) in [6.45, 7) is 1.90. The van der Waals surface area contributed by atoms with Crippen LogP contribution in [-0.4, -0.2) is 12.6 Å². The van der Waals surface area contributed by atoms with E-state index in [1.807, 2.05) is 0 Å². The van der Waals surface area contributed by atoms with Crippen molar-refractivity contribution in [1.29, 1.82) is 0 Å². The topological polar surface area (TPSA) is 38.0 Å². The summed E-state index contributed by atoms with van der Waals surface area (Å²) in [5.41, 5.74) is 6.68. The molecule has 0 radical (unpaired) electrons. The first kappa shape index (κ1) is 9.40. The van der Waals surface area contributed by atoms with Crippen LogP contribution in [-0.2, 0) is 5.92 Å². The summed E-state index contributed by atoms with van der Waals surface area (Å²) < 4.78 is 27.2. The lowest BCUT2D eigenvalue weighted by molar-refractivity contribution is -0.0300. The van der Waals surface area contributed by atoms with Gasteiger partial charge in [0.05, 0.1) is 6.04 Å². The highest BCUT2D eigenvalue weighted by atomic mass is 19.3. The number of anilines is 1. The van der Waals surface area contributed by atoms with Crippen molar-refractivity contribution in [2.24, 2.45) is 5.73 Å². The van der Waals surface area contributed by atoms with Crippen molar-refractivity contribution in [3.63, 3.8) is 0 Å². The Morgan fingerprint density at radius 1 is 1.50 bits per heavy atom. The number of rotatable bonds is 0. The molecule has 0 spiro atoms. The Kier molecular flexibility index (Phi) is 1.96. The van der Waals surface area contributed by atoms with Crippen molar-refractivity contribution in [3.05, 3.63) is 29.3 Å². The molecule has 0 aromatic heterocycles. The predicted octanol–water partition coefficient (Wildman–Crippen LogP) is 1.84. The zero-order valence-corrected chi connectivity index (χ0v) is 7.85. The van der Waals surface area contributed by atoms with Crippen molar-refractivity contribution in [3.8, 4) is 0 Å². The molecule has 1 unspecified atom stereocenters. The van der Waals surface area contributed by atoms with E-state index < -0.39 is 12.0 Å². The summed E-state index contributed by atoms with van der Waals surface area (Å²) in [5.74, 6) is -2.92. The number of nitrogens with one attached hydrogen (secondary N) is 1. The number of hydrogen-bond acceptors (Lipinski definition) is 2. The first-order chi connectivity index (χ1) is 6.51. The summed E-state index contributed by atoms with van der Waals surface area (Å²) in [6, 6.07) is 3.82. The highest BCUT2D eigenvalue weighted by Crippen LogP contribution is 2.39. The molecule has 2 rings (SSSR count). The lowest BCUT2D eigenvalue weighted by Gasteiger charge is -2.32. The van der Waals surface area contributed by atoms with Crippen LogP contribution in [0.3, 0.4) is 0 Å². The molecule has 3 N–H and O–H groups in total. The fraction of sp³-hybridized carbons (Fsp3) is 0.400. The van der Waals surface area contributed by atoms with Crippen LogP contribution in [0.15, 0.2) is 18.2 Å². The van der Waals surface area contributed by atoms with Crippen LogP contribution >= 0.6 is 0 Å². The summed E-state index contributed by atoms with van der Waals surface area (Å²) in [6.07, 6.45) is 0. The molecule has 2 nitrogen and oxygen atoms in total. The number of halogens is 2. The van der Waals surface area contributed by atoms with Crippen LogP contribution in [0.2, 0.25) is 0 Å². The third kappa shape index (κ3) is 1.26. The second-order valence-electron chi connectivity index (χ2n) is 3.66. The van der Waals surface area contributed by atoms with Gasteiger partial charge in [-0.3, -0.25) is 0 Å². The minimum absolute atomic E-state index is 0.0104. The van der Waals surface area contributed by atoms with Crippen molar-refractivity contribution in [2.75, 3.05) is 11.9 Å². The van der Waals surface area contributed by atoms with Crippen LogP contribution in [0.4, 0.5) is 14.5 Å². The highest BCUT2D eigenvalue weighted by Gasteiger charge is 2.43. The maximum atomic E-state index is 13.6. The van der Waals surface area contributed by atoms with Crippen LogP contribution in [0.5, 0.6) is 0 Å². The molecule has 1 atom stereocenters. The van der Waals surface area contributed by atoms with E-state index >= 15 is 0 Å². The maximum absolute atomic E-state index is 13.6. The molecule has 4 heteroatoms. The molecule has 1 aromatic carbocycles. The molecule has 0 fully saturated rings. The van der Waals surface area contributed by atoms with Gasteiger partial charge in [-0.2, -0.15) is 8.78 Å².